The number of nitrogens with zero attached hydrogens (tertiary/aromatic N) is 2. The maximum Gasteiger partial charge on any atom is 0.397 e. The van der Waals surface area contributed by atoms with Gasteiger partial charge in [0.15, 0.2) is 0 Å². The van der Waals surface area contributed by atoms with Gasteiger partial charge in [0.25, 0.3) is 0 Å². The molecule has 0 aliphatic rings. The maximum atomic E-state index is 12.9. The van der Waals surface area contributed by atoms with E-state index in [-0.39, 0.29) is 12.2 Å². The van der Waals surface area contributed by atoms with E-state index in [1.165, 1.54) is 36.7 Å². The second-order valence-corrected chi connectivity index (χ2v) is 5.12. The first-order chi connectivity index (χ1) is 10.7. The number of benzene rings is 1. The lowest BCUT2D eigenvalue weighted by atomic mass is 10.1. The number of halogens is 4. The third kappa shape index (κ3) is 5.05. The quantitative estimate of drug-likeness (QED) is 0.795. The topological polar surface area (TPSA) is 33.2 Å². The van der Waals surface area contributed by atoms with Crippen LogP contribution in [0.1, 0.15) is 17.5 Å². The smallest absolute Gasteiger partial charge is 0.306 e. The van der Waals surface area contributed by atoms with E-state index in [1.54, 1.807) is 13.0 Å². The van der Waals surface area contributed by atoms with E-state index in [2.05, 4.69) is 4.98 Å². The number of aryl methyl sites for hydroxylation is 1. The Bertz CT molecular complexity index is 683. The van der Waals surface area contributed by atoms with Crippen LogP contribution in [0.4, 0.5) is 23.2 Å². The van der Waals surface area contributed by atoms with E-state index in [9.17, 15) is 22.4 Å². The van der Waals surface area contributed by atoms with Crippen molar-refractivity contribution in [1.29, 1.82) is 0 Å². The minimum absolute atomic E-state index is 0.0969. The Morgan fingerprint density at radius 2 is 1.83 bits per heavy atom. The van der Waals surface area contributed by atoms with Crippen LogP contribution in [0.3, 0.4) is 0 Å². The van der Waals surface area contributed by atoms with Crippen LogP contribution in [-0.2, 0) is 11.3 Å². The average molecular weight is 326 g/mol. The van der Waals surface area contributed by atoms with Gasteiger partial charge in [-0.25, -0.2) is 4.39 Å². The summed E-state index contributed by atoms with van der Waals surface area (Å²) in [4.78, 5) is 17.0. The Balaban J connectivity index is 2.30. The predicted octanol–water partition coefficient (Wildman–Crippen LogP) is 4.01. The Morgan fingerprint density at radius 1 is 1.17 bits per heavy atom. The molecule has 0 spiro atoms. The van der Waals surface area contributed by atoms with Crippen LogP contribution in [0.5, 0.6) is 0 Å². The number of hydrogen-bond acceptors (Lipinski definition) is 2. The molecule has 0 bridgehead atoms. The van der Waals surface area contributed by atoms with Gasteiger partial charge in [-0.05, 0) is 36.2 Å². The van der Waals surface area contributed by atoms with Gasteiger partial charge in [-0.2, -0.15) is 13.2 Å². The first kappa shape index (κ1) is 16.9. The molecule has 0 atom stereocenters. The molecular weight excluding hydrogens is 312 g/mol. The Kier molecular flexibility index (Phi) is 4.98. The number of alkyl halides is 3. The van der Waals surface area contributed by atoms with Gasteiger partial charge in [-0.1, -0.05) is 12.1 Å². The summed E-state index contributed by atoms with van der Waals surface area (Å²) >= 11 is 0. The summed E-state index contributed by atoms with van der Waals surface area (Å²) in [7, 11) is 0. The molecule has 1 aromatic heterocycles. The first-order valence-electron chi connectivity index (χ1n) is 6.78. The molecule has 3 nitrogen and oxygen atoms in total. The number of amides is 1. The molecule has 0 aliphatic heterocycles. The Hall–Kier alpha value is -2.44. The highest BCUT2D eigenvalue weighted by molar-refractivity contribution is 5.93. The van der Waals surface area contributed by atoms with Gasteiger partial charge in [0, 0.05) is 6.20 Å². The standard InChI is InChI=1S/C16H14F4N2O/c1-11-6-14(9-21-8-11)22(15(23)7-16(18,19)20)10-12-2-4-13(17)5-3-12/h2-6,8-9H,7,10H2,1H3. The minimum Gasteiger partial charge on any atom is -0.306 e. The fraction of sp³-hybridized carbons (Fsp3) is 0.250. The monoisotopic (exact) mass is 326 g/mol. The number of hydrogen-bond donors (Lipinski definition) is 0. The fourth-order valence-electron chi connectivity index (χ4n) is 2.05. The van der Waals surface area contributed by atoms with E-state index >= 15 is 0 Å². The molecule has 122 valence electrons. The van der Waals surface area contributed by atoms with Crippen LogP contribution >= 0.6 is 0 Å². The van der Waals surface area contributed by atoms with Crippen molar-refractivity contribution in [3.63, 3.8) is 0 Å². The fourth-order valence-corrected chi connectivity index (χ4v) is 2.05. The van der Waals surface area contributed by atoms with Gasteiger partial charge in [-0.3, -0.25) is 9.78 Å². The molecule has 0 radical (unpaired) electrons. The molecule has 1 heterocycles. The zero-order valence-corrected chi connectivity index (χ0v) is 12.3. The van der Waals surface area contributed by atoms with Gasteiger partial charge >= 0.3 is 6.18 Å². The molecule has 2 aromatic rings. The van der Waals surface area contributed by atoms with Gasteiger partial charge in [0.2, 0.25) is 5.91 Å². The molecule has 0 unspecified atom stereocenters. The number of rotatable bonds is 4. The highest BCUT2D eigenvalue weighted by Gasteiger charge is 2.34. The number of pyridine rings is 1. The second-order valence-electron chi connectivity index (χ2n) is 5.12. The summed E-state index contributed by atoms with van der Waals surface area (Å²) in [6.45, 7) is 1.63. The summed E-state index contributed by atoms with van der Waals surface area (Å²) < 4.78 is 50.6. The van der Waals surface area contributed by atoms with Crippen molar-refractivity contribution < 1.29 is 22.4 Å². The maximum absolute atomic E-state index is 12.9. The summed E-state index contributed by atoms with van der Waals surface area (Å²) in [6, 6.07) is 6.80. The highest BCUT2D eigenvalue weighted by Crippen LogP contribution is 2.25. The summed E-state index contributed by atoms with van der Waals surface area (Å²) in [5.41, 5.74) is 1.50. The molecule has 2 rings (SSSR count). The Morgan fingerprint density at radius 3 is 2.39 bits per heavy atom. The average Bonchev–Trinajstić information content (AvgIpc) is 2.44. The molecule has 0 saturated heterocycles. The van der Waals surface area contributed by atoms with Gasteiger partial charge in [0.05, 0.1) is 18.4 Å². The lowest BCUT2D eigenvalue weighted by molar-refractivity contribution is -0.152. The van der Waals surface area contributed by atoms with Crippen LogP contribution in [0.2, 0.25) is 0 Å². The lowest BCUT2D eigenvalue weighted by Gasteiger charge is -2.23. The van der Waals surface area contributed by atoms with E-state index in [0.29, 0.717) is 11.1 Å². The summed E-state index contributed by atoms with van der Waals surface area (Å²) in [6.07, 6.45) is -3.31. The van der Waals surface area contributed by atoms with E-state index < -0.39 is 24.3 Å². The van der Waals surface area contributed by atoms with Crippen LogP contribution in [-0.4, -0.2) is 17.1 Å². The molecular formula is C16H14F4N2O. The van der Waals surface area contributed by atoms with Crippen molar-refractivity contribution in [3.8, 4) is 0 Å². The zero-order valence-electron chi connectivity index (χ0n) is 12.3. The number of carbonyl (C=O) groups excluding carboxylic acids is 1. The molecule has 0 saturated carbocycles. The van der Waals surface area contributed by atoms with Crippen LogP contribution in [0, 0.1) is 12.7 Å². The molecule has 23 heavy (non-hydrogen) atoms. The Labute approximate surface area is 130 Å². The van der Waals surface area contributed by atoms with Crippen molar-refractivity contribution in [1.82, 2.24) is 4.98 Å². The molecule has 0 fully saturated rings. The van der Waals surface area contributed by atoms with Crippen molar-refractivity contribution in [3.05, 3.63) is 59.7 Å². The van der Waals surface area contributed by atoms with Crippen molar-refractivity contribution in [2.75, 3.05) is 4.90 Å². The molecule has 0 N–H and O–H groups in total. The third-order valence-electron chi connectivity index (χ3n) is 3.08. The van der Waals surface area contributed by atoms with Crippen LogP contribution < -0.4 is 4.90 Å². The molecule has 1 amide bonds. The van der Waals surface area contributed by atoms with Crippen molar-refractivity contribution in [2.45, 2.75) is 26.1 Å². The normalized spacial score (nSPS) is 11.3. The summed E-state index contributed by atoms with van der Waals surface area (Å²) in [5, 5.41) is 0. The first-order valence-corrected chi connectivity index (χ1v) is 6.78. The van der Waals surface area contributed by atoms with Crippen LogP contribution in [0.15, 0.2) is 42.7 Å². The third-order valence-corrected chi connectivity index (χ3v) is 3.08. The second kappa shape index (κ2) is 6.76. The van der Waals surface area contributed by atoms with E-state index in [4.69, 9.17) is 0 Å². The van der Waals surface area contributed by atoms with Gasteiger partial charge < -0.3 is 4.90 Å². The SMILES string of the molecule is Cc1cncc(N(Cc2ccc(F)cc2)C(=O)CC(F)(F)F)c1. The van der Waals surface area contributed by atoms with E-state index in [1.807, 2.05) is 0 Å². The number of aromatic nitrogens is 1. The predicted molar refractivity (Wildman–Crippen MR) is 77.2 cm³/mol. The van der Waals surface area contributed by atoms with E-state index in [0.717, 1.165) is 4.90 Å². The van der Waals surface area contributed by atoms with Crippen LogP contribution in [0.25, 0.3) is 0 Å². The lowest BCUT2D eigenvalue weighted by Crippen LogP contribution is -2.34. The number of carbonyl (C=O) groups is 1. The van der Waals surface area contributed by atoms with Gasteiger partial charge in [-0.15, -0.1) is 0 Å². The minimum atomic E-state index is -4.60. The number of anilines is 1. The molecule has 1 aromatic carbocycles. The van der Waals surface area contributed by atoms with Crippen molar-refractivity contribution in [2.24, 2.45) is 0 Å². The highest BCUT2D eigenvalue weighted by atomic mass is 19.4. The van der Waals surface area contributed by atoms with Crippen molar-refractivity contribution >= 4 is 11.6 Å². The largest absolute Gasteiger partial charge is 0.397 e. The molecule has 7 heteroatoms. The zero-order chi connectivity index (χ0) is 17.0. The van der Waals surface area contributed by atoms with Gasteiger partial charge in [0.1, 0.15) is 12.2 Å². The molecule has 0 aliphatic carbocycles. The summed E-state index contributed by atoms with van der Waals surface area (Å²) in [5.74, 6) is -1.55.